The van der Waals surface area contributed by atoms with Crippen LogP contribution in [0.25, 0.3) is 0 Å². The average Bonchev–Trinajstić information content (AvgIpc) is 2.55. The Kier molecular flexibility index (Phi) is 4.84. The fourth-order valence-corrected chi connectivity index (χ4v) is 1.89. The molecule has 1 aliphatic carbocycles. The summed E-state index contributed by atoms with van der Waals surface area (Å²) in [5.74, 6) is -0.123. The minimum atomic E-state index is -1.04. The van der Waals surface area contributed by atoms with Crippen LogP contribution in [-0.4, -0.2) is 41.9 Å². The summed E-state index contributed by atoms with van der Waals surface area (Å²) in [5.41, 5.74) is -0.629. The number of rotatable bonds is 4. The van der Waals surface area contributed by atoms with Gasteiger partial charge in [-0.3, -0.25) is 10.3 Å². The zero-order chi connectivity index (χ0) is 16.0. The van der Waals surface area contributed by atoms with Gasteiger partial charge in [-0.15, -0.1) is 0 Å². The number of ether oxygens (including phenoxy) is 2. The molecule has 1 aromatic rings. The van der Waals surface area contributed by atoms with Gasteiger partial charge in [0.25, 0.3) is 0 Å². The molecule has 1 aromatic heterocycles. The lowest BCUT2D eigenvalue weighted by atomic mass is 9.99. The van der Waals surface area contributed by atoms with E-state index < -0.39 is 17.7 Å². The SMILES string of the molecule is COC(=O)C1=CCC(NC(=O)Nc2cnccn2)(OC)C=C1. The zero-order valence-electron chi connectivity index (χ0n) is 12.2. The van der Waals surface area contributed by atoms with Gasteiger partial charge in [-0.25, -0.2) is 14.6 Å². The number of carbonyl (C=O) groups excluding carboxylic acids is 2. The summed E-state index contributed by atoms with van der Waals surface area (Å²) >= 11 is 0. The average molecular weight is 304 g/mol. The molecule has 0 saturated carbocycles. The number of nitrogens with one attached hydrogen (secondary N) is 2. The van der Waals surface area contributed by atoms with Crippen LogP contribution in [0.3, 0.4) is 0 Å². The van der Waals surface area contributed by atoms with Crippen LogP contribution in [0.2, 0.25) is 0 Å². The number of amides is 2. The molecular weight excluding hydrogens is 288 g/mol. The summed E-state index contributed by atoms with van der Waals surface area (Å²) in [5, 5.41) is 5.23. The molecule has 2 amide bonds. The Labute approximate surface area is 127 Å². The van der Waals surface area contributed by atoms with Gasteiger partial charge < -0.3 is 14.8 Å². The number of nitrogens with zero attached hydrogens (tertiary/aromatic N) is 2. The molecule has 1 aliphatic rings. The first-order valence-corrected chi connectivity index (χ1v) is 6.46. The van der Waals surface area contributed by atoms with Crippen molar-refractivity contribution in [1.82, 2.24) is 15.3 Å². The van der Waals surface area contributed by atoms with Crippen molar-refractivity contribution in [3.05, 3.63) is 42.4 Å². The van der Waals surface area contributed by atoms with Crippen molar-refractivity contribution in [2.75, 3.05) is 19.5 Å². The van der Waals surface area contributed by atoms with Crippen LogP contribution in [0.5, 0.6) is 0 Å². The highest BCUT2D eigenvalue weighted by Gasteiger charge is 2.31. The fraction of sp³-hybridized carbons (Fsp3) is 0.286. The number of hydrogen-bond acceptors (Lipinski definition) is 6. The molecule has 0 aliphatic heterocycles. The lowest BCUT2D eigenvalue weighted by Crippen LogP contribution is -2.50. The molecule has 8 heteroatoms. The van der Waals surface area contributed by atoms with Crippen LogP contribution in [0.4, 0.5) is 10.6 Å². The summed E-state index contributed by atoms with van der Waals surface area (Å²) in [6.45, 7) is 0. The Morgan fingerprint density at radius 3 is 2.68 bits per heavy atom. The molecule has 0 saturated heterocycles. The van der Waals surface area contributed by atoms with E-state index in [9.17, 15) is 9.59 Å². The van der Waals surface area contributed by atoms with Crippen LogP contribution >= 0.6 is 0 Å². The second-order valence-electron chi connectivity index (χ2n) is 4.45. The molecule has 0 spiro atoms. The minimum absolute atomic E-state index is 0.290. The molecule has 1 unspecified atom stereocenters. The maximum absolute atomic E-state index is 12.0. The summed E-state index contributed by atoms with van der Waals surface area (Å²) in [7, 11) is 2.77. The van der Waals surface area contributed by atoms with Crippen molar-refractivity contribution < 1.29 is 19.1 Å². The number of carbonyl (C=O) groups is 2. The Hall–Kier alpha value is -2.74. The molecule has 116 valence electrons. The number of hydrogen-bond donors (Lipinski definition) is 2. The van der Waals surface area contributed by atoms with Gasteiger partial charge in [0.15, 0.2) is 11.5 Å². The second kappa shape index (κ2) is 6.81. The zero-order valence-corrected chi connectivity index (χ0v) is 12.2. The summed E-state index contributed by atoms with van der Waals surface area (Å²) in [4.78, 5) is 31.2. The molecule has 0 aromatic carbocycles. The van der Waals surface area contributed by atoms with Gasteiger partial charge in [0.1, 0.15) is 0 Å². The third-order valence-corrected chi connectivity index (χ3v) is 3.07. The van der Waals surface area contributed by atoms with Gasteiger partial charge in [-0.05, 0) is 12.2 Å². The van der Waals surface area contributed by atoms with E-state index in [-0.39, 0.29) is 0 Å². The number of urea groups is 1. The van der Waals surface area contributed by atoms with E-state index in [0.29, 0.717) is 17.8 Å². The monoisotopic (exact) mass is 304 g/mol. The van der Waals surface area contributed by atoms with Crippen LogP contribution < -0.4 is 10.6 Å². The van der Waals surface area contributed by atoms with Gasteiger partial charge in [-0.1, -0.05) is 6.08 Å². The van der Waals surface area contributed by atoms with Gasteiger partial charge in [0.2, 0.25) is 0 Å². The Balaban J connectivity index is 2.01. The first-order valence-electron chi connectivity index (χ1n) is 6.46. The smallest absolute Gasteiger partial charge is 0.337 e. The minimum Gasteiger partial charge on any atom is -0.465 e. The first-order chi connectivity index (χ1) is 10.6. The molecule has 1 heterocycles. The van der Waals surface area contributed by atoms with E-state index in [4.69, 9.17) is 4.74 Å². The van der Waals surface area contributed by atoms with E-state index in [1.54, 1.807) is 18.2 Å². The van der Waals surface area contributed by atoms with Crippen LogP contribution in [0.1, 0.15) is 6.42 Å². The number of methoxy groups -OCH3 is 2. The van der Waals surface area contributed by atoms with E-state index in [1.807, 2.05) is 0 Å². The predicted octanol–water partition coefficient (Wildman–Crippen LogP) is 1.00. The maximum atomic E-state index is 12.0. The quantitative estimate of drug-likeness (QED) is 0.635. The largest absolute Gasteiger partial charge is 0.465 e. The first kappa shape index (κ1) is 15.6. The van der Waals surface area contributed by atoms with Crippen molar-refractivity contribution in [1.29, 1.82) is 0 Å². The molecular formula is C14H16N4O4. The van der Waals surface area contributed by atoms with E-state index in [0.717, 1.165) is 0 Å². The van der Waals surface area contributed by atoms with Crippen LogP contribution in [0, 0.1) is 0 Å². The van der Waals surface area contributed by atoms with Crippen molar-refractivity contribution in [3.8, 4) is 0 Å². The van der Waals surface area contributed by atoms with Crippen molar-refractivity contribution in [3.63, 3.8) is 0 Å². The van der Waals surface area contributed by atoms with Crippen molar-refractivity contribution >= 4 is 17.8 Å². The summed E-state index contributed by atoms with van der Waals surface area (Å²) in [6, 6.07) is -0.498. The Morgan fingerprint density at radius 2 is 2.14 bits per heavy atom. The molecule has 0 fully saturated rings. The highest BCUT2D eigenvalue weighted by Crippen LogP contribution is 2.22. The lowest BCUT2D eigenvalue weighted by molar-refractivity contribution is -0.135. The number of aromatic nitrogens is 2. The summed E-state index contributed by atoms with van der Waals surface area (Å²) in [6.07, 6.45) is 9.45. The fourth-order valence-electron chi connectivity index (χ4n) is 1.89. The van der Waals surface area contributed by atoms with Crippen molar-refractivity contribution in [2.24, 2.45) is 0 Å². The molecule has 1 atom stereocenters. The number of esters is 1. The molecule has 0 radical (unpaired) electrons. The molecule has 2 N–H and O–H groups in total. The van der Waals surface area contributed by atoms with Crippen LogP contribution in [0.15, 0.2) is 42.4 Å². The van der Waals surface area contributed by atoms with Gasteiger partial charge in [0, 0.05) is 25.9 Å². The standard InChI is InChI=1S/C14H16N4O4/c1-21-12(19)10-3-5-14(22-2,6-4-10)18-13(20)17-11-9-15-7-8-16-11/h3-5,7-9H,6H2,1-2H3,(H2,16,17,18,20). The van der Waals surface area contributed by atoms with E-state index >= 15 is 0 Å². The Morgan fingerprint density at radius 1 is 1.32 bits per heavy atom. The Bertz CT molecular complexity index is 615. The van der Waals surface area contributed by atoms with Gasteiger partial charge in [0.05, 0.1) is 18.9 Å². The summed E-state index contributed by atoms with van der Waals surface area (Å²) < 4.78 is 9.99. The number of anilines is 1. The third kappa shape index (κ3) is 3.67. The highest BCUT2D eigenvalue weighted by atomic mass is 16.5. The lowest BCUT2D eigenvalue weighted by Gasteiger charge is -2.31. The third-order valence-electron chi connectivity index (χ3n) is 3.07. The van der Waals surface area contributed by atoms with E-state index in [2.05, 4.69) is 25.3 Å². The molecule has 22 heavy (non-hydrogen) atoms. The molecule has 2 rings (SSSR count). The molecule has 8 nitrogen and oxygen atoms in total. The van der Waals surface area contributed by atoms with E-state index in [1.165, 1.54) is 32.8 Å². The van der Waals surface area contributed by atoms with Crippen LogP contribution in [-0.2, 0) is 14.3 Å². The van der Waals surface area contributed by atoms with Gasteiger partial charge in [-0.2, -0.15) is 0 Å². The predicted molar refractivity (Wildman–Crippen MR) is 77.8 cm³/mol. The topological polar surface area (TPSA) is 102 Å². The second-order valence-corrected chi connectivity index (χ2v) is 4.45. The van der Waals surface area contributed by atoms with Gasteiger partial charge >= 0.3 is 12.0 Å². The molecule has 0 bridgehead atoms. The maximum Gasteiger partial charge on any atom is 0.337 e. The van der Waals surface area contributed by atoms with Crippen molar-refractivity contribution in [2.45, 2.75) is 12.1 Å². The normalized spacial score (nSPS) is 20.0. The highest BCUT2D eigenvalue weighted by molar-refractivity contribution is 5.92.